The Morgan fingerprint density at radius 3 is 2.62 bits per heavy atom. The average Bonchev–Trinajstić information content (AvgIpc) is 2.86. The summed E-state index contributed by atoms with van der Waals surface area (Å²) >= 11 is 0. The Labute approximate surface area is 122 Å². The third-order valence-electron chi connectivity index (χ3n) is 3.76. The molecule has 0 aliphatic carbocycles. The number of H-pyrrole nitrogens is 1. The highest BCUT2D eigenvalue weighted by Crippen LogP contribution is 2.22. The molecule has 0 spiro atoms. The van der Waals surface area contributed by atoms with E-state index in [1.165, 1.54) is 4.31 Å². The van der Waals surface area contributed by atoms with E-state index in [0.29, 0.717) is 37.3 Å². The fourth-order valence-corrected chi connectivity index (χ4v) is 3.63. The summed E-state index contributed by atoms with van der Waals surface area (Å²) in [6.07, 6.45) is 0. The Morgan fingerprint density at radius 2 is 1.95 bits per heavy atom. The smallest absolute Gasteiger partial charge is 0.408 e. The van der Waals surface area contributed by atoms with E-state index in [2.05, 4.69) is 9.88 Å². The summed E-state index contributed by atoms with van der Waals surface area (Å²) in [6, 6.07) is 5.48. The van der Waals surface area contributed by atoms with Gasteiger partial charge in [-0.25, -0.2) is 13.2 Å². The molecule has 1 aliphatic heterocycles. The van der Waals surface area contributed by atoms with Gasteiger partial charge in [-0.3, -0.25) is 4.98 Å². The second-order valence-corrected chi connectivity index (χ2v) is 7.24. The van der Waals surface area contributed by atoms with Crippen molar-refractivity contribution in [2.24, 2.45) is 0 Å². The van der Waals surface area contributed by atoms with Crippen LogP contribution < -0.4 is 10.7 Å². The highest BCUT2D eigenvalue weighted by atomic mass is 32.2. The Hall–Kier alpha value is -1.80. The molecule has 1 aliphatic rings. The van der Waals surface area contributed by atoms with E-state index < -0.39 is 15.8 Å². The first-order valence-electron chi connectivity index (χ1n) is 6.85. The molecule has 7 nitrogen and oxygen atoms in total. The first-order valence-corrected chi connectivity index (χ1v) is 8.46. The Bertz CT molecular complexity index is 800. The molecule has 0 saturated carbocycles. The Balaban J connectivity index is 1.78. The molecule has 1 saturated heterocycles. The number of nitrogens with one attached hydrogen (secondary N) is 1. The predicted molar refractivity (Wildman–Crippen MR) is 80.1 cm³/mol. The van der Waals surface area contributed by atoms with Crippen LogP contribution in [0.2, 0.25) is 0 Å². The number of aromatic amines is 1. The van der Waals surface area contributed by atoms with Gasteiger partial charge in [0.25, 0.3) is 0 Å². The van der Waals surface area contributed by atoms with Crippen molar-refractivity contribution in [1.82, 2.24) is 9.29 Å². The molecule has 0 atom stereocenters. The van der Waals surface area contributed by atoms with Crippen LogP contribution in [0.15, 0.2) is 27.4 Å². The summed E-state index contributed by atoms with van der Waals surface area (Å²) in [5.74, 6) is -0.337. The van der Waals surface area contributed by atoms with E-state index in [4.69, 9.17) is 4.42 Å². The molecule has 1 N–H and O–H groups in total. The molecule has 1 aromatic heterocycles. The van der Waals surface area contributed by atoms with Crippen LogP contribution in [-0.2, 0) is 10.0 Å². The SMILES string of the molecule is CCS(=O)(=O)N1CCN(c2ccc3oc(=O)[nH]c3c2)CC1. The van der Waals surface area contributed by atoms with Crippen molar-refractivity contribution in [1.29, 1.82) is 0 Å². The number of benzene rings is 1. The molecule has 8 heteroatoms. The number of rotatable bonds is 3. The number of sulfonamides is 1. The van der Waals surface area contributed by atoms with Gasteiger partial charge in [-0.2, -0.15) is 4.31 Å². The average molecular weight is 311 g/mol. The Kier molecular flexibility index (Phi) is 3.50. The van der Waals surface area contributed by atoms with Gasteiger partial charge < -0.3 is 9.32 Å². The van der Waals surface area contributed by atoms with Crippen molar-refractivity contribution >= 4 is 26.8 Å². The molecule has 0 unspecified atom stereocenters. The third kappa shape index (κ3) is 2.68. The zero-order chi connectivity index (χ0) is 15.0. The molecule has 0 amide bonds. The summed E-state index contributed by atoms with van der Waals surface area (Å²) in [5.41, 5.74) is 2.13. The lowest BCUT2D eigenvalue weighted by molar-refractivity contribution is 0.385. The minimum Gasteiger partial charge on any atom is -0.408 e. The number of hydrogen-bond donors (Lipinski definition) is 1. The van der Waals surface area contributed by atoms with E-state index in [-0.39, 0.29) is 5.75 Å². The van der Waals surface area contributed by atoms with Gasteiger partial charge in [0.05, 0.1) is 11.3 Å². The zero-order valence-corrected chi connectivity index (χ0v) is 12.5. The van der Waals surface area contributed by atoms with Gasteiger partial charge in [0.15, 0.2) is 5.58 Å². The molecular formula is C13H17N3O4S. The largest absolute Gasteiger partial charge is 0.417 e. The fourth-order valence-electron chi connectivity index (χ4n) is 2.54. The van der Waals surface area contributed by atoms with Gasteiger partial charge in [0, 0.05) is 31.9 Å². The maximum absolute atomic E-state index is 11.8. The summed E-state index contributed by atoms with van der Waals surface area (Å²) in [7, 11) is -3.11. The predicted octanol–water partition coefficient (Wildman–Crippen LogP) is 0.593. The van der Waals surface area contributed by atoms with Crippen LogP contribution in [0.25, 0.3) is 11.1 Å². The van der Waals surface area contributed by atoms with Crippen molar-refractivity contribution in [3.63, 3.8) is 0 Å². The van der Waals surface area contributed by atoms with E-state index >= 15 is 0 Å². The highest BCUT2D eigenvalue weighted by molar-refractivity contribution is 7.89. The molecule has 21 heavy (non-hydrogen) atoms. The van der Waals surface area contributed by atoms with Gasteiger partial charge in [-0.15, -0.1) is 0 Å². The molecule has 114 valence electrons. The standard InChI is InChI=1S/C13H17N3O4S/c1-2-21(18,19)16-7-5-15(6-8-16)10-3-4-12-11(9-10)14-13(17)20-12/h3-4,9H,2,5-8H2,1H3,(H,14,17). The summed E-state index contributed by atoms with van der Waals surface area (Å²) in [5, 5.41) is 0. The van der Waals surface area contributed by atoms with Crippen LogP contribution >= 0.6 is 0 Å². The molecular weight excluding hydrogens is 294 g/mol. The second kappa shape index (κ2) is 5.19. The molecule has 1 fully saturated rings. The topological polar surface area (TPSA) is 86.6 Å². The normalized spacial score (nSPS) is 17.5. The van der Waals surface area contributed by atoms with Crippen LogP contribution in [0.4, 0.5) is 5.69 Å². The van der Waals surface area contributed by atoms with Crippen molar-refractivity contribution in [3.05, 3.63) is 28.7 Å². The lowest BCUT2D eigenvalue weighted by Crippen LogP contribution is -2.49. The summed E-state index contributed by atoms with van der Waals surface area (Å²) in [6.45, 7) is 3.89. The van der Waals surface area contributed by atoms with E-state index in [1.807, 2.05) is 12.1 Å². The number of oxazole rings is 1. The minimum absolute atomic E-state index is 0.134. The first kappa shape index (κ1) is 14.2. The number of piperazine rings is 1. The van der Waals surface area contributed by atoms with Crippen molar-refractivity contribution in [2.45, 2.75) is 6.92 Å². The maximum Gasteiger partial charge on any atom is 0.417 e. The molecule has 2 aromatic rings. The molecule has 0 bridgehead atoms. The van der Waals surface area contributed by atoms with Gasteiger partial charge in [-0.05, 0) is 25.1 Å². The number of anilines is 1. The first-order chi connectivity index (χ1) is 9.99. The number of hydrogen-bond acceptors (Lipinski definition) is 5. The van der Waals surface area contributed by atoms with E-state index in [1.54, 1.807) is 13.0 Å². The summed E-state index contributed by atoms with van der Waals surface area (Å²) in [4.78, 5) is 15.9. The lowest BCUT2D eigenvalue weighted by Gasteiger charge is -2.35. The van der Waals surface area contributed by atoms with Crippen molar-refractivity contribution in [3.8, 4) is 0 Å². The number of fused-ring (bicyclic) bond motifs is 1. The van der Waals surface area contributed by atoms with Crippen LogP contribution in [0.1, 0.15) is 6.92 Å². The summed E-state index contributed by atoms with van der Waals surface area (Å²) < 4.78 is 30.2. The third-order valence-corrected chi connectivity index (χ3v) is 5.65. The van der Waals surface area contributed by atoms with Crippen molar-refractivity contribution < 1.29 is 12.8 Å². The molecule has 0 radical (unpaired) electrons. The van der Waals surface area contributed by atoms with Crippen LogP contribution in [0.3, 0.4) is 0 Å². The Morgan fingerprint density at radius 1 is 1.24 bits per heavy atom. The number of aromatic nitrogens is 1. The van der Waals surface area contributed by atoms with Gasteiger partial charge in [0.1, 0.15) is 0 Å². The van der Waals surface area contributed by atoms with Crippen molar-refractivity contribution in [2.75, 3.05) is 36.8 Å². The second-order valence-electron chi connectivity index (χ2n) is 4.98. The molecule has 1 aromatic carbocycles. The maximum atomic E-state index is 11.8. The molecule has 2 heterocycles. The van der Waals surface area contributed by atoms with Crippen LogP contribution in [0, 0.1) is 0 Å². The minimum atomic E-state index is -3.11. The quantitative estimate of drug-likeness (QED) is 0.896. The van der Waals surface area contributed by atoms with Crippen LogP contribution in [-0.4, -0.2) is 49.6 Å². The fraction of sp³-hybridized carbons (Fsp3) is 0.462. The van der Waals surface area contributed by atoms with E-state index in [9.17, 15) is 13.2 Å². The molecule has 3 rings (SSSR count). The zero-order valence-electron chi connectivity index (χ0n) is 11.7. The lowest BCUT2D eigenvalue weighted by atomic mass is 10.2. The van der Waals surface area contributed by atoms with Crippen LogP contribution in [0.5, 0.6) is 0 Å². The van der Waals surface area contributed by atoms with Gasteiger partial charge in [0.2, 0.25) is 10.0 Å². The monoisotopic (exact) mass is 311 g/mol. The highest BCUT2D eigenvalue weighted by Gasteiger charge is 2.25. The van der Waals surface area contributed by atoms with Gasteiger partial charge in [-0.1, -0.05) is 0 Å². The van der Waals surface area contributed by atoms with E-state index in [0.717, 1.165) is 5.69 Å². The van der Waals surface area contributed by atoms with Gasteiger partial charge >= 0.3 is 5.76 Å². The number of nitrogens with zero attached hydrogens (tertiary/aromatic N) is 2.